The number of hydrogen-bond acceptors (Lipinski definition) is 3. The fourth-order valence-electron chi connectivity index (χ4n) is 2.19. The molecule has 100 valence electrons. The van der Waals surface area contributed by atoms with Gasteiger partial charge < -0.3 is 15.2 Å². The molecular weight excluding hydrogens is 240 g/mol. The zero-order valence-electron chi connectivity index (χ0n) is 10.2. The van der Waals surface area contributed by atoms with Crippen LogP contribution in [0.5, 0.6) is 0 Å². The molecule has 1 fully saturated rings. The van der Waals surface area contributed by atoms with Crippen molar-refractivity contribution < 1.29 is 18.6 Å². The largest absolute Gasteiger partial charge is 0.387 e. The minimum atomic E-state index is -1.20. The topological polar surface area (TPSA) is 41.5 Å². The van der Waals surface area contributed by atoms with Crippen molar-refractivity contribution in [1.82, 2.24) is 5.32 Å². The quantitative estimate of drug-likeness (QED) is 0.863. The van der Waals surface area contributed by atoms with Crippen LogP contribution in [0, 0.1) is 11.6 Å². The van der Waals surface area contributed by atoms with E-state index in [2.05, 4.69) is 5.32 Å². The first-order valence-electron chi connectivity index (χ1n) is 6.06. The van der Waals surface area contributed by atoms with E-state index in [0.717, 1.165) is 18.6 Å². The second-order valence-corrected chi connectivity index (χ2v) is 4.53. The zero-order chi connectivity index (χ0) is 13.1. The van der Waals surface area contributed by atoms with Crippen LogP contribution in [0.3, 0.4) is 0 Å². The summed E-state index contributed by atoms with van der Waals surface area (Å²) in [6.07, 6.45) is -0.296. The van der Waals surface area contributed by atoms with Gasteiger partial charge in [0.15, 0.2) is 0 Å². The summed E-state index contributed by atoms with van der Waals surface area (Å²) >= 11 is 0. The monoisotopic (exact) mass is 257 g/mol. The van der Waals surface area contributed by atoms with Gasteiger partial charge in [-0.05, 0) is 25.5 Å². The molecular formula is C13H17F2NO2. The van der Waals surface area contributed by atoms with Crippen LogP contribution in [-0.4, -0.2) is 30.4 Å². The maximum Gasteiger partial charge on any atom is 0.131 e. The third-order valence-corrected chi connectivity index (χ3v) is 3.28. The summed E-state index contributed by atoms with van der Waals surface area (Å²) in [6, 6.07) is 3.68. The van der Waals surface area contributed by atoms with E-state index in [0.29, 0.717) is 6.61 Å². The van der Waals surface area contributed by atoms with Gasteiger partial charge in [0.1, 0.15) is 11.6 Å². The molecule has 0 saturated carbocycles. The van der Waals surface area contributed by atoms with Gasteiger partial charge in [0.2, 0.25) is 0 Å². The molecule has 3 nitrogen and oxygen atoms in total. The smallest absolute Gasteiger partial charge is 0.131 e. The van der Waals surface area contributed by atoms with E-state index in [1.54, 1.807) is 0 Å². The number of nitrogens with one attached hydrogen (secondary N) is 1. The molecule has 3 atom stereocenters. The maximum atomic E-state index is 13.4. The lowest BCUT2D eigenvalue weighted by atomic mass is 10.1. The number of halogens is 2. The van der Waals surface area contributed by atoms with Gasteiger partial charge >= 0.3 is 0 Å². The molecule has 1 aliphatic rings. The molecule has 18 heavy (non-hydrogen) atoms. The fourth-order valence-corrected chi connectivity index (χ4v) is 2.19. The van der Waals surface area contributed by atoms with E-state index in [4.69, 9.17) is 4.74 Å². The Balaban J connectivity index is 1.97. The lowest BCUT2D eigenvalue weighted by Gasteiger charge is -2.19. The Kier molecular flexibility index (Phi) is 4.27. The Morgan fingerprint density at radius 1 is 1.44 bits per heavy atom. The summed E-state index contributed by atoms with van der Waals surface area (Å²) in [5.74, 6) is -1.44. The van der Waals surface area contributed by atoms with E-state index < -0.39 is 17.7 Å². The number of aliphatic hydroxyl groups is 1. The van der Waals surface area contributed by atoms with Crippen molar-refractivity contribution >= 4 is 0 Å². The molecule has 0 spiro atoms. The minimum absolute atomic E-state index is 0.0580. The lowest BCUT2D eigenvalue weighted by molar-refractivity contribution is 0.106. The highest BCUT2D eigenvalue weighted by Crippen LogP contribution is 2.21. The molecule has 1 aliphatic heterocycles. The van der Waals surface area contributed by atoms with Gasteiger partial charge in [0.05, 0.1) is 17.8 Å². The van der Waals surface area contributed by atoms with Gasteiger partial charge in [0, 0.05) is 19.2 Å². The van der Waals surface area contributed by atoms with Crippen LogP contribution in [0.1, 0.15) is 25.0 Å². The molecule has 0 amide bonds. The summed E-state index contributed by atoms with van der Waals surface area (Å²) in [7, 11) is 0. The van der Waals surface area contributed by atoms with Crippen LogP contribution in [0.2, 0.25) is 0 Å². The molecule has 3 unspecified atom stereocenters. The van der Waals surface area contributed by atoms with Gasteiger partial charge in [-0.1, -0.05) is 6.07 Å². The van der Waals surface area contributed by atoms with Crippen LogP contribution >= 0.6 is 0 Å². The third kappa shape index (κ3) is 2.85. The molecule has 0 bridgehead atoms. The Labute approximate surface area is 105 Å². The Morgan fingerprint density at radius 2 is 2.11 bits per heavy atom. The van der Waals surface area contributed by atoms with Crippen LogP contribution < -0.4 is 5.32 Å². The van der Waals surface area contributed by atoms with E-state index in [9.17, 15) is 13.9 Å². The molecule has 1 heterocycles. The molecule has 2 N–H and O–H groups in total. The van der Waals surface area contributed by atoms with Crippen LogP contribution in [0.25, 0.3) is 0 Å². The fraction of sp³-hybridized carbons (Fsp3) is 0.538. The highest BCUT2D eigenvalue weighted by Gasteiger charge is 2.25. The van der Waals surface area contributed by atoms with Gasteiger partial charge in [-0.2, -0.15) is 0 Å². The number of ether oxygens (including phenoxy) is 1. The molecule has 5 heteroatoms. The van der Waals surface area contributed by atoms with Crippen molar-refractivity contribution in [1.29, 1.82) is 0 Å². The normalized spacial score (nSPS) is 25.3. The maximum absolute atomic E-state index is 13.4. The van der Waals surface area contributed by atoms with Gasteiger partial charge in [-0.15, -0.1) is 0 Å². The van der Waals surface area contributed by atoms with Crippen LogP contribution in [0.4, 0.5) is 8.78 Å². The molecule has 1 saturated heterocycles. The summed E-state index contributed by atoms with van der Waals surface area (Å²) in [5, 5.41) is 12.9. The summed E-state index contributed by atoms with van der Waals surface area (Å²) in [5.41, 5.74) is -0.281. The Morgan fingerprint density at radius 3 is 2.67 bits per heavy atom. The molecule has 0 radical (unpaired) electrons. The molecule has 2 rings (SSSR count). The second-order valence-electron chi connectivity index (χ2n) is 4.53. The molecule has 1 aromatic rings. The van der Waals surface area contributed by atoms with Gasteiger partial charge in [-0.3, -0.25) is 0 Å². The van der Waals surface area contributed by atoms with E-state index >= 15 is 0 Å². The van der Waals surface area contributed by atoms with Crippen molar-refractivity contribution in [2.75, 3.05) is 13.2 Å². The van der Waals surface area contributed by atoms with E-state index in [1.807, 2.05) is 6.92 Å². The first-order chi connectivity index (χ1) is 8.59. The average molecular weight is 257 g/mol. The van der Waals surface area contributed by atoms with Gasteiger partial charge in [-0.25, -0.2) is 8.78 Å². The zero-order valence-corrected chi connectivity index (χ0v) is 10.2. The van der Waals surface area contributed by atoms with Crippen molar-refractivity contribution in [3.05, 3.63) is 35.4 Å². The van der Waals surface area contributed by atoms with Crippen LogP contribution in [0.15, 0.2) is 18.2 Å². The summed E-state index contributed by atoms with van der Waals surface area (Å²) in [6.45, 7) is 2.71. The third-order valence-electron chi connectivity index (χ3n) is 3.28. The van der Waals surface area contributed by atoms with Crippen molar-refractivity contribution in [2.45, 2.75) is 31.6 Å². The predicted molar refractivity (Wildman–Crippen MR) is 63.1 cm³/mol. The first-order valence-corrected chi connectivity index (χ1v) is 6.06. The summed E-state index contributed by atoms with van der Waals surface area (Å²) < 4.78 is 32.2. The first kappa shape index (κ1) is 13.4. The predicted octanol–water partition coefficient (Wildman–Crippen LogP) is 1.77. The molecule has 1 aromatic carbocycles. The minimum Gasteiger partial charge on any atom is -0.387 e. The molecule has 0 aliphatic carbocycles. The summed E-state index contributed by atoms with van der Waals surface area (Å²) in [4.78, 5) is 0. The lowest BCUT2D eigenvalue weighted by Crippen LogP contribution is -2.37. The van der Waals surface area contributed by atoms with Crippen LogP contribution in [-0.2, 0) is 4.74 Å². The molecule has 0 aromatic heterocycles. The Bertz CT molecular complexity index is 394. The number of hydrogen-bond donors (Lipinski definition) is 2. The highest BCUT2D eigenvalue weighted by atomic mass is 19.1. The van der Waals surface area contributed by atoms with E-state index in [1.165, 1.54) is 6.07 Å². The number of rotatable bonds is 4. The second kappa shape index (κ2) is 5.73. The van der Waals surface area contributed by atoms with Gasteiger partial charge in [0.25, 0.3) is 0 Å². The SMILES string of the molecule is CC1OCCC1NCC(O)c1c(F)cccc1F. The number of benzene rings is 1. The van der Waals surface area contributed by atoms with E-state index in [-0.39, 0.29) is 24.3 Å². The van der Waals surface area contributed by atoms with Crippen molar-refractivity contribution in [3.8, 4) is 0 Å². The van der Waals surface area contributed by atoms with Crippen molar-refractivity contribution in [2.24, 2.45) is 0 Å². The Hall–Kier alpha value is -1.04. The highest BCUT2D eigenvalue weighted by molar-refractivity contribution is 5.22. The standard InChI is InChI=1S/C13H17F2NO2/c1-8-11(5-6-18-8)16-7-12(17)13-9(14)3-2-4-10(13)15/h2-4,8,11-12,16-17H,5-7H2,1H3. The number of aliphatic hydroxyl groups excluding tert-OH is 1. The van der Waals surface area contributed by atoms with Crippen molar-refractivity contribution in [3.63, 3.8) is 0 Å². The average Bonchev–Trinajstić information content (AvgIpc) is 2.72.